The van der Waals surface area contributed by atoms with Gasteiger partial charge < -0.3 is 9.80 Å². The molecule has 2 aliphatic carbocycles. The molecule has 2 nitrogen and oxygen atoms in total. The van der Waals surface area contributed by atoms with Crippen LogP contribution in [0.2, 0.25) is 0 Å². The van der Waals surface area contributed by atoms with Gasteiger partial charge in [0.2, 0.25) is 0 Å². The smallest absolute Gasteiger partial charge is 0.0504 e. The molecule has 466 valence electrons. The zero-order chi connectivity index (χ0) is 66.2. The largest absolute Gasteiger partial charge is 0.311 e. The molecule has 0 heterocycles. The molecule has 2 heteroatoms. The van der Waals surface area contributed by atoms with E-state index in [4.69, 9.17) is 0 Å². The zero-order valence-corrected chi connectivity index (χ0v) is 54.8. The Balaban J connectivity index is 0.687. The summed E-state index contributed by atoms with van der Waals surface area (Å²) in [6.45, 7) is 16.2. The normalized spacial score (nSPS) is 14.7. The third-order valence-electron chi connectivity index (χ3n) is 20.5. The van der Waals surface area contributed by atoms with E-state index in [1.54, 1.807) is 0 Å². The summed E-state index contributed by atoms with van der Waals surface area (Å²) in [5.41, 5.74) is 32.5. The molecule has 16 rings (SSSR count). The average molecular weight is 1250 g/mol. The van der Waals surface area contributed by atoms with Crippen LogP contribution in [0.15, 0.2) is 366 Å². The van der Waals surface area contributed by atoms with Gasteiger partial charge in [-0.2, -0.15) is 0 Å². The van der Waals surface area contributed by atoms with E-state index in [-0.39, 0.29) is 0 Å². The molecule has 2 aliphatic rings. The average Bonchev–Trinajstić information content (AvgIpc) is 1.55. The zero-order valence-electron chi connectivity index (χ0n) is 54.8. The first kappa shape index (κ1) is 60.6. The molecule has 0 spiro atoms. The highest BCUT2D eigenvalue weighted by Gasteiger charge is 2.46. The topological polar surface area (TPSA) is 6.48 Å². The number of nitrogens with zero attached hydrogens (tertiary/aromatic N) is 2. The van der Waals surface area contributed by atoms with Crippen molar-refractivity contribution in [2.45, 2.75) is 23.7 Å². The second-order valence-electron chi connectivity index (χ2n) is 25.8. The van der Waals surface area contributed by atoms with E-state index in [0.29, 0.717) is 0 Å². The van der Waals surface area contributed by atoms with Gasteiger partial charge in [-0.1, -0.05) is 305 Å². The van der Waals surface area contributed by atoms with Crippen molar-refractivity contribution in [3.05, 3.63) is 433 Å². The number of hydrogen-bond acceptors (Lipinski definition) is 2. The molecule has 0 bridgehead atoms. The maximum Gasteiger partial charge on any atom is 0.0504 e. The lowest BCUT2D eigenvalue weighted by Crippen LogP contribution is -2.30. The van der Waals surface area contributed by atoms with Crippen molar-refractivity contribution in [3.63, 3.8) is 0 Å². The third-order valence-corrected chi connectivity index (χ3v) is 20.5. The van der Waals surface area contributed by atoms with E-state index in [2.05, 4.69) is 376 Å². The number of para-hydroxylation sites is 2. The standard InChI is InChI=1S/C96H72N2/c1-5-67-27-31-71(32-28-67)65-95(79-49-35-69(7-3)36-50-79)91-25-17-15-23-87(91)89-61-47-77(63-93(89)95)75-43-57-85(58-44-75)97(81-19-11-9-12-20-81)83-53-39-73(40-54-83)74-41-55-84(56-42-74)98(82-21-13-10-14-22-82)86-59-45-76(46-60-86)78-48-62-90-88-24-16-18-26-92(88)96(94(90)64-78,80-51-37-70(8-4)38-52-80)66-72-33-29-68(6-2)30-34-72/h5-64H,1-4,65-66H2. The molecule has 2 atom stereocenters. The first-order valence-electron chi connectivity index (χ1n) is 33.8. The molecule has 0 aliphatic heterocycles. The lowest BCUT2D eigenvalue weighted by atomic mass is 9.68. The van der Waals surface area contributed by atoms with Crippen LogP contribution in [-0.2, 0) is 23.7 Å². The van der Waals surface area contributed by atoms with E-state index in [1.807, 2.05) is 24.3 Å². The summed E-state index contributed by atoms with van der Waals surface area (Å²) in [7, 11) is 0. The third kappa shape index (κ3) is 10.8. The minimum absolute atomic E-state index is 0.427. The van der Waals surface area contributed by atoms with Crippen molar-refractivity contribution in [2.24, 2.45) is 0 Å². The molecular formula is C96H72N2. The SMILES string of the molecule is C=Cc1ccc(CC2(c3ccc(C=C)cc3)c3ccccc3-c3ccc(-c4ccc(N(c5ccccc5)c5ccc(-c6ccc(N(c7ccccc7)c7ccc(-c8ccc9c(c8)C(Cc8ccc(C=C)cc8)(c8ccc(C=C)cc8)c8ccccc8-9)cc7)cc6)cc5)cc4)cc32)cc1. The quantitative estimate of drug-likeness (QED) is 0.0796. The lowest BCUT2D eigenvalue weighted by Gasteiger charge is -2.34. The van der Waals surface area contributed by atoms with Gasteiger partial charge in [0.1, 0.15) is 0 Å². The second-order valence-corrected chi connectivity index (χ2v) is 25.8. The van der Waals surface area contributed by atoms with Crippen LogP contribution >= 0.6 is 0 Å². The summed E-state index contributed by atoms with van der Waals surface area (Å²) < 4.78 is 0. The molecule has 0 N–H and O–H groups in total. The second kappa shape index (κ2) is 25.7. The summed E-state index contributed by atoms with van der Waals surface area (Å²) in [5.74, 6) is 0. The fourth-order valence-electron chi connectivity index (χ4n) is 15.5. The van der Waals surface area contributed by atoms with Gasteiger partial charge >= 0.3 is 0 Å². The van der Waals surface area contributed by atoms with Crippen LogP contribution in [0.25, 0.3) is 79.9 Å². The molecule has 14 aromatic carbocycles. The highest BCUT2D eigenvalue weighted by atomic mass is 15.1. The predicted molar refractivity (Wildman–Crippen MR) is 416 cm³/mol. The Labute approximate surface area is 576 Å². The fraction of sp³-hybridized carbons (Fsp3) is 0.0417. The van der Waals surface area contributed by atoms with Crippen molar-refractivity contribution < 1.29 is 0 Å². The molecule has 98 heavy (non-hydrogen) atoms. The Morgan fingerprint density at radius 2 is 0.480 bits per heavy atom. The Morgan fingerprint density at radius 1 is 0.224 bits per heavy atom. The van der Waals surface area contributed by atoms with Crippen molar-refractivity contribution >= 4 is 58.4 Å². The monoisotopic (exact) mass is 1250 g/mol. The van der Waals surface area contributed by atoms with Crippen molar-refractivity contribution in [1.29, 1.82) is 0 Å². The Morgan fingerprint density at radius 3 is 0.796 bits per heavy atom. The minimum atomic E-state index is -0.427. The van der Waals surface area contributed by atoms with Gasteiger partial charge in [-0.3, -0.25) is 0 Å². The lowest BCUT2D eigenvalue weighted by molar-refractivity contribution is 0.629. The predicted octanol–water partition coefficient (Wildman–Crippen LogP) is 25.3. The highest BCUT2D eigenvalue weighted by molar-refractivity contribution is 5.90. The molecule has 0 aromatic heterocycles. The Bertz CT molecular complexity index is 4930. The highest BCUT2D eigenvalue weighted by Crippen LogP contribution is 2.57. The summed E-state index contributed by atoms with van der Waals surface area (Å²) in [6, 6.07) is 125. The van der Waals surface area contributed by atoms with Gasteiger partial charge in [0, 0.05) is 34.1 Å². The number of benzene rings is 14. The molecule has 0 radical (unpaired) electrons. The van der Waals surface area contributed by atoms with E-state index >= 15 is 0 Å². The van der Waals surface area contributed by atoms with Gasteiger partial charge in [0.15, 0.2) is 0 Å². The van der Waals surface area contributed by atoms with Crippen molar-refractivity contribution in [1.82, 2.24) is 0 Å². The van der Waals surface area contributed by atoms with Crippen LogP contribution < -0.4 is 9.80 Å². The molecule has 14 aromatic rings. The van der Waals surface area contributed by atoms with Crippen LogP contribution in [0.1, 0.15) is 66.8 Å². The van der Waals surface area contributed by atoms with Crippen LogP contribution in [0.4, 0.5) is 34.1 Å². The first-order chi connectivity index (χ1) is 48.3. The van der Waals surface area contributed by atoms with Crippen molar-refractivity contribution in [3.8, 4) is 55.6 Å². The molecule has 0 amide bonds. The molecule has 0 saturated carbocycles. The molecule has 0 fully saturated rings. The minimum Gasteiger partial charge on any atom is -0.311 e. The first-order valence-corrected chi connectivity index (χ1v) is 33.8. The van der Waals surface area contributed by atoms with Gasteiger partial charge in [-0.05, 0) is 220 Å². The maximum atomic E-state index is 4.08. The summed E-state index contributed by atoms with van der Waals surface area (Å²) in [6.07, 6.45) is 9.29. The van der Waals surface area contributed by atoms with Crippen LogP contribution in [0.5, 0.6) is 0 Å². The Kier molecular flexibility index (Phi) is 15.9. The van der Waals surface area contributed by atoms with Gasteiger partial charge in [0.05, 0.1) is 10.8 Å². The van der Waals surface area contributed by atoms with E-state index < -0.39 is 10.8 Å². The molecular weight excluding hydrogens is 1180 g/mol. The van der Waals surface area contributed by atoms with Gasteiger partial charge in [-0.25, -0.2) is 0 Å². The van der Waals surface area contributed by atoms with E-state index in [1.165, 1.54) is 77.9 Å². The summed E-state index contributed by atoms with van der Waals surface area (Å²) in [5, 5.41) is 0. The van der Waals surface area contributed by atoms with Gasteiger partial charge in [0.25, 0.3) is 0 Å². The fourth-order valence-corrected chi connectivity index (χ4v) is 15.5. The van der Waals surface area contributed by atoms with Crippen LogP contribution in [0, 0.1) is 0 Å². The molecule has 2 unspecified atom stereocenters. The molecule has 0 saturated heterocycles. The maximum absolute atomic E-state index is 4.08. The summed E-state index contributed by atoms with van der Waals surface area (Å²) in [4.78, 5) is 4.69. The van der Waals surface area contributed by atoms with E-state index in [9.17, 15) is 0 Å². The number of rotatable bonds is 19. The van der Waals surface area contributed by atoms with Crippen LogP contribution in [-0.4, -0.2) is 0 Å². The Hall–Kier alpha value is -12.4. The summed E-state index contributed by atoms with van der Waals surface area (Å²) >= 11 is 0. The number of hydrogen-bond donors (Lipinski definition) is 0. The number of anilines is 6. The number of fused-ring (bicyclic) bond motifs is 6. The van der Waals surface area contributed by atoms with Crippen molar-refractivity contribution in [2.75, 3.05) is 9.80 Å². The van der Waals surface area contributed by atoms with Gasteiger partial charge in [-0.15, -0.1) is 0 Å². The van der Waals surface area contributed by atoms with E-state index in [0.717, 1.165) is 91.5 Å². The van der Waals surface area contributed by atoms with Crippen LogP contribution in [0.3, 0.4) is 0 Å².